The van der Waals surface area contributed by atoms with E-state index in [9.17, 15) is 0 Å². The fourth-order valence-electron chi connectivity index (χ4n) is 1.58. The van der Waals surface area contributed by atoms with Crippen molar-refractivity contribution in [3.63, 3.8) is 0 Å². The van der Waals surface area contributed by atoms with Gasteiger partial charge in [-0.1, -0.05) is 30.3 Å². The van der Waals surface area contributed by atoms with Crippen LogP contribution in [-0.2, 0) is 6.54 Å². The summed E-state index contributed by atoms with van der Waals surface area (Å²) in [6, 6.07) is 14.2. The summed E-state index contributed by atoms with van der Waals surface area (Å²) in [6.45, 7) is 7.20. The third-order valence-corrected chi connectivity index (χ3v) is 2.51. The molecule has 0 atom stereocenters. The molecule has 3 heteroatoms. The first-order valence-corrected chi connectivity index (χ1v) is 5.94. The average Bonchev–Trinajstić information content (AvgIpc) is 2.75. The molecule has 18 heavy (non-hydrogen) atoms. The fourth-order valence-corrected chi connectivity index (χ4v) is 1.58. The molecule has 0 saturated heterocycles. The SMILES string of the molecule is CC(C)(C)NCc1ccc(-c2ccccc2)o1.[Cl-]. The summed E-state index contributed by atoms with van der Waals surface area (Å²) in [4.78, 5) is 0. The second-order valence-electron chi connectivity index (χ2n) is 5.24. The Hall–Kier alpha value is -1.25. The van der Waals surface area contributed by atoms with Crippen molar-refractivity contribution in [2.75, 3.05) is 0 Å². The highest BCUT2D eigenvalue weighted by molar-refractivity contribution is 5.57. The maximum Gasteiger partial charge on any atom is 0.134 e. The van der Waals surface area contributed by atoms with Gasteiger partial charge < -0.3 is 22.1 Å². The zero-order chi connectivity index (χ0) is 12.3. The van der Waals surface area contributed by atoms with Gasteiger partial charge in [-0.2, -0.15) is 0 Å². The standard InChI is InChI=1S/C15H19NO.ClH/c1-15(2,3)16-11-13-9-10-14(17-13)12-7-5-4-6-8-12;/h4-10,16H,11H2,1-3H3;1H/p-1. The molecule has 0 saturated carbocycles. The third-order valence-electron chi connectivity index (χ3n) is 2.51. The first kappa shape index (κ1) is 14.8. The van der Waals surface area contributed by atoms with Crippen molar-refractivity contribution in [1.82, 2.24) is 5.32 Å². The molecule has 0 bridgehead atoms. The number of furan rings is 1. The summed E-state index contributed by atoms with van der Waals surface area (Å²) in [5.41, 5.74) is 1.23. The molecule has 1 aromatic heterocycles. The Morgan fingerprint density at radius 1 is 1.00 bits per heavy atom. The summed E-state index contributed by atoms with van der Waals surface area (Å²) in [6.07, 6.45) is 0. The second-order valence-corrected chi connectivity index (χ2v) is 5.24. The fraction of sp³-hybridized carbons (Fsp3) is 0.333. The van der Waals surface area contributed by atoms with E-state index in [-0.39, 0.29) is 17.9 Å². The maximum atomic E-state index is 5.80. The third kappa shape index (κ3) is 4.21. The Morgan fingerprint density at radius 3 is 2.28 bits per heavy atom. The summed E-state index contributed by atoms with van der Waals surface area (Å²) in [7, 11) is 0. The van der Waals surface area contributed by atoms with Gasteiger partial charge in [0, 0.05) is 11.1 Å². The number of rotatable bonds is 3. The Labute approximate surface area is 115 Å². The van der Waals surface area contributed by atoms with Gasteiger partial charge in [0.2, 0.25) is 0 Å². The van der Waals surface area contributed by atoms with Gasteiger partial charge in [0.25, 0.3) is 0 Å². The molecule has 0 amide bonds. The molecule has 0 unspecified atom stereocenters. The molecule has 0 spiro atoms. The van der Waals surface area contributed by atoms with Crippen molar-refractivity contribution >= 4 is 0 Å². The summed E-state index contributed by atoms with van der Waals surface area (Å²) in [5.74, 6) is 1.90. The zero-order valence-corrected chi connectivity index (χ0v) is 11.8. The molecular weight excluding hydrogens is 246 g/mol. The second kappa shape index (κ2) is 6.07. The Balaban J connectivity index is 0.00000162. The normalized spacial score (nSPS) is 11.1. The van der Waals surface area contributed by atoms with E-state index in [0.29, 0.717) is 0 Å². The van der Waals surface area contributed by atoms with Crippen LogP contribution in [0.5, 0.6) is 0 Å². The van der Waals surface area contributed by atoms with Gasteiger partial charge in [-0.25, -0.2) is 0 Å². The topological polar surface area (TPSA) is 25.2 Å². The van der Waals surface area contributed by atoms with Crippen molar-refractivity contribution in [2.45, 2.75) is 32.9 Å². The van der Waals surface area contributed by atoms with Gasteiger partial charge in [-0.15, -0.1) is 0 Å². The molecule has 98 valence electrons. The lowest BCUT2D eigenvalue weighted by molar-refractivity contribution is -0.00000468. The Kier molecular flexibility index (Phi) is 5.00. The first-order valence-electron chi connectivity index (χ1n) is 5.94. The molecule has 1 aromatic carbocycles. The minimum atomic E-state index is 0. The van der Waals surface area contributed by atoms with Crippen LogP contribution < -0.4 is 17.7 Å². The molecule has 0 aliphatic rings. The van der Waals surface area contributed by atoms with Crippen molar-refractivity contribution in [2.24, 2.45) is 0 Å². The zero-order valence-electron chi connectivity index (χ0n) is 11.0. The smallest absolute Gasteiger partial charge is 0.134 e. The molecule has 2 aromatic rings. The predicted molar refractivity (Wildman–Crippen MR) is 70.7 cm³/mol. The van der Waals surface area contributed by atoms with Crippen LogP contribution in [0.15, 0.2) is 46.9 Å². The van der Waals surface area contributed by atoms with Crippen LogP contribution >= 0.6 is 0 Å². The van der Waals surface area contributed by atoms with E-state index in [1.54, 1.807) is 0 Å². The lowest BCUT2D eigenvalue weighted by atomic mass is 10.1. The van der Waals surface area contributed by atoms with Crippen LogP contribution in [0.4, 0.5) is 0 Å². The number of nitrogens with one attached hydrogen (secondary N) is 1. The average molecular weight is 265 g/mol. The highest BCUT2D eigenvalue weighted by Gasteiger charge is 2.10. The summed E-state index contributed by atoms with van der Waals surface area (Å²) in [5, 5.41) is 3.41. The lowest BCUT2D eigenvalue weighted by Crippen LogP contribution is -3.00. The van der Waals surface area contributed by atoms with Crippen LogP contribution in [0.1, 0.15) is 26.5 Å². The van der Waals surface area contributed by atoms with E-state index in [0.717, 1.165) is 23.6 Å². The van der Waals surface area contributed by atoms with Gasteiger partial charge in [0.1, 0.15) is 11.5 Å². The van der Waals surface area contributed by atoms with Gasteiger partial charge in [-0.05, 0) is 32.9 Å². The molecule has 0 aliphatic heterocycles. The molecule has 1 N–H and O–H groups in total. The van der Waals surface area contributed by atoms with E-state index in [4.69, 9.17) is 4.42 Å². The van der Waals surface area contributed by atoms with Gasteiger partial charge in [0.05, 0.1) is 6.54 Å². The van der Waals surface area contributed by atoms with Crippen LogP contribution in [0, 0.1) is 0 Å². The minimum absolute atomic E-state index is 0. The van der Waals surface area contributed by atoms with Gasteiger partial charge >= 0.3 is 0 Å². The van der Waals surface area contributed by atoms with Gasteiger partial charge in [0.15, 0.2) is 0 Å². The number of hydrogen-bond acceptors (Lipinski definition) is 2. The predicted octanol–water partition coefficient (Wildman–Crippen LogP) is 0.839. The quantitative estimate of drug-likeness (QED) is 0.889. The van der Waals surface area contributed by atoms with E-state index in [1.165, 1.54) is 0 Å². The number of benzene rings is 1. The van der Waals surface area contributed by atoms with Crippen LogP contribution in [0.2, 0.25) is 0 Å². The molecule has 1 heterocycles. The minimum Gasteiger partial charge on any atom is -1.00 e. The largest absolute Gasteiger partial charge is 1.00 e. The first-order chi connectivity index (χ1) is 8.04. The van der Waals surface area contributed by atoms with Crippen LogP contribution in [0.25, 0.3) is 11.3 Å². The molecule has 2 nitrogen and oxygen atoms in total. The Morgan fingerprint density at radius 2 is 1.67 bits per heavy atom. The number of halogens is 1. The maximum absolute atomic E-state index is 5.80. The van der Waals surface area contributed by atoms with E-state index >= 15 is 0 Å². The lowest BCUT2D eigenvalue weighted by Gasteiger charge is -2.19. The van der Waals surface area contributed by atoms with Crippen molar-refractivity contribution < 1.29 is 16.8 Å². The van der Waals surface area contributed by atoms with E-state index < -0.39 is 0 Å². The molecule has 2 rings (SSSR count). The Bertz CT molecular complexity index is 471. The van der Waals surface area contributed by atoms with Crippen LogP contribution in [0.3, 0.4) is 0 Å². The van der Waals surface area contributed by atoms with Gasteiger partial charge in [-0.3, -0.25) is 0 Å². The summed E-state index contributed by atoms with van der Waals surface area (Å²) < 4.78 is 5.80. The van der Waals surface area contributed by atoms with Crippen LogP contribution in [-0.4, -0.2) is 5.54 Å². The van der Waals surface area contributed by atoms with Crippen molar-refractivity contribution in [3.05, 3.63) is 48.2 Å². The highest BCUT2D eigenvalue weighted by Crippen LogP contribution is 2.21. The van der Waals surface area contributed by atoms with E-state index in [2.05, 4.69) is 38.2 Å². The summed E-state index contributed by atoms with van der Waals surface area (Å²) >= 11 is 0. The molecule has 0 fully saturated rings. The monoisotopic (exact) mass is 264 g/mol. The molecule has 0 aliphatic carbocycles. The van der Waals surface area contributed by atoms with Crippen molar-refractivity contribution in [3.8, 4) is 11.3 Å². The molecule has 0 radical (unpaired) electrons. The van der Waals surface area contributed by atoms with Crippen molar-refractivity contribution in [1.29, 1.82) is 0 Å². The number of hydrogen-bond donors (Lipinski definition) is 1. The van der Waals surface area contributed by atoms with E-state index in [1.807, 2.05) is 30.3 Å². The molecular formula is C15H19ClNO-. The highest BCUT2D eigenvalue weighted by atomic mass is 35.5.